The van der Waals surface area contributed by atoms with Gasteiger partial charge >= 0.3 is 0 Å². The lowest BCUT2D eigenvalue weighted by molar-refractivity contribution is 0.297. The smallest absolute Gasteiger partial charge is 0.240 e. The van der Waals surface area contributed by atoms with Gasteiger partial charge in [0.2, 0.25) is 10.0 Å². The Morgan fingerprint density at radius 1 is 1.00 bits per heavy atom. The van der Waals surface area contributed by atoms with Crippen LogP contribution in [0.15, 0.2) is 53.4 Å². The van der Waals surface area contributed by atoms with E-state index in [2.05, 4.69) is 4.72 Å². The van der Waals surface area contributed by atoms with Gasteiger partial charge in [-0.2, -0.15) is 0 Å². The van der Waals surface area contributed by atoms with Gasteiger partial charge in [-0.1, -0.05) is 24.3 Å². The Hall–Kier alpha value is -2.09. The molecule has 6 nitrogen and oxygen atoms in total. The van der Waals surface area contributed by atoms with Gasteiger partial charge in [-0.3, -0.25) is 0 Å². The summed E-state index contributed by atoms with van der Waals surface area (Å²) in [5, 5.41) is 0. The number of hydrogen-bond donors (Lipinski definition) is 1. The zero-order chi connectivity index (χ0) is 18.4. The van der Waals surface area contributed by atoms with Crippen LogP contribution < -0.4 is 14.2 Å². The van der Waals surface area contributed by atoms with Gasteiger partial charge in [0.15, 0.2) is 11.5 Å². The third kappa shape index (κ3) is 4.72. The van der Waals surface area contributed by atoms with E-state index in [9.17, 15) is 8.42 Å². The largest absolute Gasteiger partial charge is 0.493 e. The minimum Gasteiger partial charge on any atom is -0.493 e. The van der Waals surface area contributed by atoms with Gasteiger partial charge in [0.1, 0.15) is 0 Å². The molecular weight excluding hydrogens is 340 g/mol. The fraction of sp³-hybridized carbons (Fsp3) is 0.333. The molecule has 0 saturated heterocycles. The maximum atomic E-state index is 12.4. The van der Waals surface area contributed by atoms with Crippen molar-refractivity contribution >= 4 is 10.0 Å². The molecule has 0 fully saturated rings. The zero-order valence-electron chi connectivity index (χ0n) is 14.9. The second-order valence-electron chi connectivity index (χ2n) is 5.76. The van der Waals surface area contributed by atoms with Crippen molar-refractivity contribution in [1.82, 2.24) is 9.62 Å². The Kier molecular flexibility index (Phi) is 6.41. The number of likely N-dealkylation sites (N-methyl/N-ethyl adjacent to an activating group) is 1. The highest BCUT2D eigenvalue weighted by Gasteiger charge is 2.20. The lowest BCUT2D eigenvalue weighted by Crippen LogP contribution is -2.34. The van der Waals surface area contributed by atoms with E-state index in [1.807, 2.05) is 37.2 Å². The van der Waals surface area contributed by atoms with Crippen molar-refractivity contribution in [3.05, 3.63) is 54.1 Å². The summed E-state index contributed by atoms with van der Waals surface area (Å²) < 4.78 is 38.2. The highest BCUT2D eigenvalue weighted by Crippen LogP contribution is 2.31. The first-order chi connectivity index (χ1) is 11.9. The summed E-state index contributed by atoms with van der Waals surface area (Å²) in [7, 11) is 3.40. The van der Waals surface area contributed by atoms with Crippen LogP contribution in [0.4, 0.5) is 0 Å². The molecule has 1 unspecified atom stereocenters. The van der Waals surface area contributed by atoms with E-state index in [4.69, 9.17) is 9.47 Å². The number of methoxy groups -OCH3 is 2. The van der Waals surface area contributed by atoms with Crippen molar-refractivity contribution in [2.24, 2.45) is 0 Å². The molecule has 136 valence electrons. The Morgan fingerprint density at radius 3 is 2.20 bits per heavy atom. The number of rotatable bonds is 8. The summed E-state index contributed by atoms with van der Waals surface area (Å²) in [4.78, 5) is 2.20. The summed E-state index contributed by atoms with van der Waals surface area (Å²) >= 11 is 0. The maximum Gasteiger partial charge on any atom is 0.240 e. The number of nitrogens with one attached hydrogen (secondary N) is 1. The first-order valence-corrected chi connectivity index (χ1v) is 9.30. The number of sulfonamides is 1. The highest BCUT2D eigenvalue weighted by atomic mass is 32.2. The Labute approximate surface area is 149 Å². The van der Waals surface area contributed by atoms with E-state index in [1.54, 1.807) is 44.6 Å². The van der Waals surface area contributed by atoms with E-state index in [1.165, 1.54) is 0 Å². The zero-order valence-corrected chi connectivity index (χ0v) is 15.7. The first kappa shape index (κ1) is 19.2. The van der Waals surface area contributed by atoms with Gasteiger partial charge in [-0.25, -0.2) is 13.1 Å². The van der Waals surface area contributed by atoms with Gasteiger partial charge in [-0.05, 0) is 43.9 Å². The van der Waals surface area contributed by atoms with E-state index >= 15 is 0 Å². The van der Waals surface area contributed by atoms with Crippen LogP contribution in [0.2, 0.25) is 0 Å². The van der Waals surface area contributed by atoms with Crippen LogP contribution >= 0.6 is 0 Å². The number of nitrogens with zero attached hydrogens (tertiary/aromatic N) is 1. The molecule has 7 heteroatoms. The standard InChI is InChI=1S/C18H24N2O4S/c1-20(2)16(14-10-11-17(23-3)18(12-14)24-4)13-19-25(21,22)15-8-6-5-7-9-15/h5-12,16,19H,13H2,1-4H3. The lowest BCUT2D eigenvalue weighted by atomic mass is 10.1. The van der Waals surface area contributed by atoms with Crippen LogP contribution in [-0.4, -0.2) is 48.2 Å². The molecule has 0 aromatic heterocycles. The number of benzene rings is 2. The third-order valence-electron chi connectivity index (χ3n) is 3.94. The van der Waals surface area contributed by atoms with E-state index in [0.29, 0.717) is 11.5 Å². The summed E-state index contributed by atoms with van der Waals surface area (Å²) in [5.74, 6) is 1.24. The van der Waals surface area contributed by atoms with Crippen LogP contribution in [0.3, 0.4) is 0 Å². The summed E-state index contributed by atoms with van der Waals surface area (Å²) in [5.41, 5.74) is 0.929. The monoisotopic (exact) mass is 364 g/mol. The van der Waals surface area contributed by atoms with Gasteiger partial charge in [0, 0.05) is 12.6 Å². The molecule has 0 heterocycles. The average molecular weight is 364 g/mol. The van der Waals surface area contributed by atoms with Crippen molar-refractivity contribution in [3.8, 4) is 11.5 Å². The normalized spacial score (nSPS) is 12.8. The van der Waals surface area contributed by atoms with Gasteiger partial charge < -0.3 is 14.4 Å². The fourth-order valence-corrected chi connectivity index (χ4v) is 3.59. The Balaban J connectivity index is 2.22. The molecule has 0 amide bonds. The van der Waals surface area contributed by atoms with E-state index in [0.717, 1.165) is 5.56 Å². The fourth-order valence-electron chi connectivity index (χ4n) is 2.53. The SMILES string of the molecule is COc1ccc(C(CNS(=O)(=O)c2ccccc2)N(C)C)cc1OC. The quantitative estimate of drug-likeness (QED) is 0.778. The summed E-state index contributed by atoms with van der Waals surface area (Å²) in [6, 6.07) is 13.8. The maximum absolute atomic E-state index is 12.4. The minimum atomic E-state index is -3.56. The topological polar surface area (TPSA) is 67.9 Å². The molecule has 0 aliphatic heterocycles. The third-order valence-corrected chi connectivity index (χ3v) is 5.38. The molecule has 1 N–H and O–H groups in total. The minimum absolute atomic E-state index is 0.154. The van der Waals surface area contributed by atoms with Crippen LogP contribution in [-0.2, 0) is 10.0 Å². The van der Waals surface area contributed by atoms with Crippen molar-refractivity contribution in [2.45, 2.75) is 10.9 Å². The Bertz CT molecular complexity index is 792. The second-order valence-corrected chi connectivity index (χ2v) is 7.53. The van der Waals surface area contributed by atoms with Crippen LogP contribution in [0.1, 0.15) is 11.6 Å². The van der Waals surface area contributed by atoms with Crippen molar-refractivity contribution in [1.29, 1.82) is 0 Å². The van der Waals surface area contributed by atoms with Gasteiger partial charge in [-0.15, -0.1) is 0 Å². The van der Waals surface area contributed by atoms with Gasteiger partial charge in [0.25, 0.3) is 0 Å². The van der Waals surface area contributed by atoms with E-state index in [-0.39, 0.29) is 17.5 Å². The molecule has 0 radical (unpaired) electrons. The van der Waals surface area contributed by atoms with Crippen molar-refractivity contribution < 1.29 is 17.9 Å². The molecule has 0 aliphatic rings. The molecule has 0 aliphatic carbocycles. The molecule has 2 aromatic rings. The first-order valence-electron chi connectivity index (χ1n) is 7.82. The van der Waals surface area contributed by atoms with Crippen LogP contribution in [0, 0.1) is 0 Å². The molecule has 2 rings (SSSR count). The highest BCUT2D eigenvalue weighted by molar-refractivity contribution is 7.89. The van der Waals surface area contributed by atoms with Crippen LogP contribution in [0.25, 0.3) is 0 Å². The van der Waals surface area contributed by atoms with Crippen LogP contribution in [0.5, 0.6) is 11.5 Å². The molecule has 0 bridgehead atoms. The van der Waals surface area contributed by atoms with E-state index < -0.39 is 10.0 Å². The molecule has 2 aromatic carbocycles. The molecule has 0 spiro atoms. The summed E-state index contributed by atoms with van der Waals surface area (Å²) in [6.45, 7) is 0.236. The van der Waals surface area contributed by atoms with Gasteiger partial charge in [0.05, 0.1) is 19.1 Å². The average Bonchev–Trinajstić information content (AvgIpc) is 2.62. The predicted octanol–water partition coefficient (Wildman–Crippen LogP) is 2.29. The molecular formula is C18H24N2O4S. The molecule has 0 saturated carbocycles. The lowest BCUT2D eigenvalue weighted by Gasteiger charge is -2.25. The Morgan fingerprint density at radius 2 is 1.64 bits per heavy atom. The second kappa shape index (κ2) is 8.33. The predicted molar refractivity (Wildman–Crippen MR) is 97.6 cm³/mol. The van der Waals surface area contributed by atoms with Crippen molar-refractivity contribution in [2.75, 3.05) is 34.9 Å². The number of hydrogen-bond acceptors (Lipinski definition) is 5. The molecule has 1 atom stereocenters. The summed E-state index contributed by atoms with van der Waals surface area (Å²) in [6.07, 6.45) is 0. The van der Waals surface area contributed by atoms with Crippen molar-refractivity contribution in [3.63, 3.8) is 0 Å². The number of ether oxygens (including phenoxy) is 2. The molecule has 25 heavy (non-hydrogen) atoms.